The third-order valence-corrected chi connectivity index (χ3v) is 3.05. The van der Waals surface area contributed by atoms with Gasteiger partial charge in [0.25, 0.3) is 0 Å². The van der Waals surface area contributed by atoms with Gasteiger partial charge in [-0.1, -0.05) is 6.92 Å². The van der Waals surface area contributed by atoms with E-state index in [0.29, 0.717) is 6.04 Å². The van der Waals surface area contributed by atoms with E-state index in [9.17, 15) is 13.2 Å². The molecule has 0 aromatic heterocycles. The zero-order valence-corrected chi connectivity index (χ0v) is 10.4. The minimum atomic E-state index is -4.06. The Morgan fingerprint density at radius 3 is 2.71 bits per heavy atom. The number of rotatable bonds is 7. The minimum Gasteiger partial charge on any atom is -0.377 e. The van der Waals surface area contributed by atoms with Gasteiger partial charge in [0, 0.05) is 19.1 Å². The molecule has 0 spiro atoms. The Morgan fingerprint density at radius 1 is 1.29 bits per heavy atom. The molecular formula is C12H22F3NO. The highest BCUT2D eigenvalue weighted by molar-refractivity contribution is 4.83. The van der Waals surface area contributed by atoms with Gasteiger partial charge in [0.05, 0.1) is 6.10 Å². The van der Waals surface area contributed by atoms with Crippen LogP contribution >= 0.6 is 0 Å². The van der Waals surface area contributed by atoms with Gasteiger partial charge < -0.3 is 10.1 Å². The molecule has 2 unspecified atom stereocenters. The smallest absolute Gasteiger partial charge is 0.377 e. The molecule has 1 fully saturated rings. The summed E-state index contributed by atoms with van der Waals surface area (Å²) in [5.41, 5.74) is 0. The molecule has 0 saturated heterocycles. The van der Waals surface area contributed by atoms with Crippen molar-refractivity contribution in [2.75, 3.05) is 13.2 Å². The second-order valence-electron chi connectivity index (χ2n) is 4.62. The number of hydrogen-bond donors (Lipinski definition) is 1. The van der Waals surface area contributed by atoms with Crippen molar-refractivity contribution < 1.29 is 17.9 Å². The molecule has 2 nitrogen and oxygen atoms in total. The fourth-order valence-corrected chi connectivity index (χ4v) is 2.20. The van der Waals surface area contributed by atoms with Gasteiger partial charge in [0.2, 0.25) is 0 Å². The number of nitrogens with one attached hydrogen (secondary N) is 1. The van der Waals surface area contributed by atoms with E-state index in [4.69, 9.17) is 4.74 Å². The Hall–Kier alpha value is -0.290. The van der Waals surface area contributed by atoms with E-state index in [1.807, 2.05) is 0 Å². The van der Waals surface area contributed by atoms with Crippen molar-refractivity contribution in [3.8, 4) is 0 Å². The molecule has 1 saturated carbocycles. The molecule has 1 aliphatic carbocycles. The number of alkyl halides is 3. The summed E-state index contributed by atoms with van der Waals surface area (Å²) in [7, 11) is 0. The van der Waals surface area contributed by atoms with Crippen molar-refractivity contribution in [1.29, 1.82) is 0 Å². The van der Waals surface area contributed by atoms with Gasteiger partial charge in [-0.15, -0.1) is 0 Å². The third-order valence-electron chi connectivity index (χ3n) is 3.05. The molecule has 0 aliphatic heterocycles. The summed E-state index contributed by atoms with van der Waals surface area (Å²) >= 11 is 0. The van der Waals surface area contributed by atoms with E-state index in [-0.39, 0.29) is 19.1 Å². The first-order valence-corrected chi connectivity index (χ1v) is 6.44. The second kappa shape index (κ2) is 7.21. The SMILES string of the molecule is CCCNC1CCCC1OCCCC(F)(F)F. The lowest BCUT2D eigenvalue weighted by molar-refractivity contribution is -0.139. The van der Waals surface area contributed by atoms with E-state index in [2.05, 4.69) is 12.2 Å². The van der Waals surface area contributed by atoms with Crippen LogP contribution in [-0.4, -0.2) is 31.5 Å². The highest BCUT2D eigenvalue weighted by Gasteiger charge is 2.29. The zero-order chi connectivity index (χ0) is 12.7. The van der Waals surface area contributed by atoms with Gasteiger partial charge in [-0.05, 0) is 38.6 Å². The number of halogens is 3. The lowest BCUT2D eigenvalue weighted by Gasteiger charge is -2.21. The largest absolute Gasteiger partial charge is 0.389 e. The highest BCUT2D eigenvalue weighted by Crippen LogP contribution is 2.24. The summed E-state index contributed by atoms with van der Waals surface area (Å²) < 4.78 is 41.3. The van der Waals surface area contributed by atoms with Crippen molar-refractivity contribution in [3.63, 3.8) is 0 Å². The molecule has 0 aromatic rings. The third kappa shape index (κ3) is 6.27. The summed E-state index contributed by atoms with van der Waals surface area (Å²) in [5, 5.41) is 3.39. The topological polar surface area (TPSA) is 21.3 Å². The van der Waals surface area contributed by atoms with Crippen LogP contribution in [0.25, 0.3) is 0 Å². The Balaban J connectivity index is 2.13. The summed E-state index contributed by atoms with van der Waals surface area (Å²) in [5.74, 6) is 0. The Kier molecular flexibility index (Phi) is 6.27. The van der Waals surface area contributed by atoms with Gasteiger partial charge >= 0.3 is 6.18 Å². The number of ether oxygens (including phenoxy) is 1. The maximum absolute atomic E-state index is 11.9. The maximum Gasteiger partial charge on any atom is 0.389 e. The molecule has 0 radical (unpaired) electrons. The highest BCUT2D eigenvalue weighted by atomic mass is 19.4. The molecule has 5 heteroatoms. The van der Waals surface area contributed by atoms with Crippen LogP contribution in [0.2, 0.25) is 0 Å². The Bertz CT molecular complexity index is 208. The predicted molar refractivity (Wildman–Crippen MR) is 61.0 cm³/mol. The normalized spacial score (nSPS) is 25.4. The van der Waals surface area contributed by atoms with Gasteiger partial charge in [-0.3, -0.25) is 0 Å². The lowest BCUT2D eigenvalue weighted by atomic mass is 10.2. The van der Waals surface area contributed by atoms with Gasteiger partial charge in [-0.25, -0.2) is 0 Å². The van der Waals surface area contributed by atoms with Gasteiger partial charge in [0.15, 0.2) is 0 Å². The van der Waals surface area contributed by atoms with Crippen LogP contribution < -0.4 is 5.32 Å². The van der Waals surface area contributed by atoms with Crippen LogP contribution in [0.15, 0.2) is 0 Å². The van der Waals surface area contributed by atoms with Crippen LogP contribution in [-0.2, 0) is 4.74 Å². The molecule has 0 amide bonds. The average Bonchev–Trinajstić information content (AvgIpc) is 2.67. The van der Waals surface area contributed by atoms with Gasteiger partial charge in [-0.2, -0.15) is 13.2 Å². The molecule has 102 valence electrons. The van der Waals surface area contributed by atoms with E-state index < -0.39 is 12.6 Å². The minimum absolute atomic E-state index is 0.0699. The Morgan fingerprint density at radius 2 is 2.06 bits per heavy atom. The predicted octanol–water partition coefficient (Wildman–Crippen LogP) is 3.27. The van der Waals surface area contributed by atoms with E-state index in [1.165, 1.54) is 0 Å². The summed E-state index contributed by atoms with van der Waals surface area (Å²) in [4.78, 5) is 0. The molecule has 0 heterocycles. The van der Waals surface area contributed by atoms with Crippen LogP contribution in [0.4, 0.5) is 13.2 Å². The Labute approximate surface area is 101 Å². The number of hydrogen-bond acceptors (Lipinski definition) is 2. The molecule has 2 atom stereocenters. The van der Waals surface area contributed by atoms with Crippen LogP contribution in [0.3, 0.4) is 0 Å². The first-order chi connectivity index (χ1) is 8.03. The van der Waals surface area contributed by atoms with Gasteiger partial charge in [0.1, 0.15) is 0 Å². The summed E-state index contributed by atoms with van der Waals surface area (Å²) in [6.45, 7) is 3.27. The van der Waals surface area contributed by atoms with Crippen molar-refractivity contribution in [2.24, 2.45) is 0 Å². The van der Waals surface area contributed by atoms with Crippen molar-refractivity contribution in [1.82, 2.24) is 5.32 Å². The van der Waals surface area contributed by atoms with Crippen molar-refractivity contribution in [3.05, 3.63) is 0 Å². The average molecular weight is 253 g/mol. The quantitative estimate of drug-likeness (QED) is 0.703. The maximum atomic E-state index is 11.9. The molecular weight excluding hydrogens is 231 g/mol. The van der Waals surface area contributed by atoms with Crippen molar-refractivity contribution in [2.45, 2.75) is 63.8 Å². The molecule has 0 bridgehead atoms. The summed E-state index contributed by atoms with van der Waals surface area (Å²) in [6.07, 6.45) is -0.415. The van der Waals surface area contributed by atoms with E-state index in [0.717, 1.165) is 32.2 Å². The molecule has 1 aliphatic rings. The molecule has 0 aromatic carbocycles. The van der Waals surface area contributed by atoms with Crippen LogP contribution in [0, 0.1) is 0 Å². The fraction of sp³-hybridized carbons (Fsp3) is 1.00. The van der Waals surface area contributed by atoms with Crippen LogP contribution in [0.1, 0.15) is 45.4 Å². The first kappa shape index (κ1) is 14.8. The summed E-state index contributed by atoms with van der Waals surface area (Å²) in [6, 6.07) is 0.334. The fourth-order valence-electron chi connectivity index (χ4n) is 2.20. The zero-order valence-electron chi connectivity index (χ0n) is 10.4. The van der Waals surface area contributed by atoms with Crippen LogP contribution in [0.5, 0.6) is 0 Å². The molecule has 1 N–H and O–H groups in total. The monoisotopic (exact) mass is 253 g/mol. The second-order valence-corrected chi connectivity index (χ2v) is 4.62. The molecule has 17 heavy (non-hydrogen) atoms. The first-order valence-electron chi connectivity index (χ1n) is 6.44. The van der Waals surface area contributed by atoms with Crippen molar-refractivity contribution >= 4 is 0 Å². The lowest BCUT2D eigenvalue weighted by Crippen LogP contribution is -2.37. The van der Waals surface area contributed by atoms with E-state index in [1.54, 1.807) is 0 Å². The molecule has 1 rings (SSSR count). The standard InChI is InChI=1S/C12H22F3NO/c1-2-8-16-10-5-3-6-11(10)17-9-4-7-12(13,14)15/h10-11,16H,2-9H2,1H3. The van der Waals surface area contributed by atoms with E-state index >= 15 is 0 Å².